The Kier molecular flexibility index (Phi) is 10.4. The number of fused-ring (bicyclic) bond motifs is 3. The highest BCUT2D eigenvalue weighted by Crippen LogP contribution is 2.32. The van der Waals surface area contributed by atoms with Crippen LogP contribution in [-0.2, 0) is 15.8 Å². The van der Waals surface area contributed by atoms with Crippen LogP contribution in [-0.4, -0.2) is 52.9 Å². The summed E-state index contributed by atoms with van der Waals surface area (Å²) in [6.07, 6.45) is -0.643. The van der Waals surface area contributed by atoms with Crippen molar-refractivity contribution in [2.45, 2.75) is 12.7 Å². The third kappa shape index (κ3) is 7.71. The molecule has 11 heteroatoms. The van der Waals surface area contributed by atoms with Crippen LogP contribution < -0.4 is 19.7 Å². The SMILES string of the molecule is O=[P+]([O-])OO.OCc1ccccc1OCCNCC(O)COc1cccc2[nH]c3ccccc3c12.[HH]. The summed E-state index contributed by atoms with van der Waals surface area (Å²) in [4.78, 5) is 12.3. The number of aromatic nitrogens is 1. The molecule has 188 valence electrons. The largest absolute Gasteiger partial charge is 0.565 e. The highest BCUT2D eigenvalue weighted by atomic mass is 31.1. The highest BCUT2D eigenvalue weighted by molar-refractivity contribution is 7.30. The van der Waals surface area contributed by atoms with Gasteiger partial charge in [-0.05, 0) is 28.8 Å². The normalized spacial score (nSPS) is 12.2. The Bertz CT molecular complexity index is 1240. The molecule has 0 aliphatic carbocycles. The summed E-state index contributed by atoms with van der Waals surface area (Å²) in [5.41, 5.74) is 2.84. The Labute approximate surface area is 204 Å². The van der Waals surface area contributed by atoms with Crippen LogP contribution in [0.25, 0.3) is 21.8 Å². The van der Waals surface area contributed by atoms with Crippen LogP contribution in [0, 0.1) is 0 Å². The van der Waals surface area contributed by atoms with E-state index in [4.69, 9.17) is 24.2 Å². The van der Waals surface area contributed by atoms with E-state index in [9.17, 15) is 10.2 Å². The minimum atomic E-state index is -3.04. The number of aromatic amines is 1. The first-order valence-electron chi connectivity index (χ1n) is 10.8. The molecule has 35 heavy (non-hydrogen) atoms. The van der Waals surface area contributed by atoms with Crippen molar-refractivity contribution in [2.24, 2.45) is 0 Å². The van der Waals surface area contributed by atoms with Crippen molar-refractivity contribution in [1.29, 1.82) is 0 Å². The third-order valence-corrected chi connectivity index (χ3v) is 5.18. The van der Waals surface area contributed by atoms with Crippen molar-refractivity contribution in [3.05, 3.63) is 72.3 Å². The molecule has 4 aromatic rings. The van der Waals surface area contributed by atoms with E-state index in [1.807, 2.05) is 60.7 Å². The predicted octanol–water partition coefficient (Wildman–Crippen LogP) is 2.96. The average Bonchev–Trinajstić information content (AvgIpc) is 3.27. The van der Waals surface area contributed by atoms with E-state index < -0.39 is 14.4 Å². The number of nitrogens with one attached hydrogen (secondary N) is 2. The van der Waals surface area contributed by atoms with Gasteiger partial charge < -0.3 is 34.9 Å². The van der Waals surface area contributed by atoms with E-state index in [0.29, 0.717) is 25.4 Å². The second kappa shape index (κ2) is 13.7. The van der Waals surface area contributed by atoms with Crippen molar-refractivity contribution >= 4 is 30.1 Å². The molecule has 0 radical (unpaired) electrons. The van der Waals surface area contributed by atoms with Gasteiger partial charge in [0.25, 0.3) is 0 Å². The van der Waals surface area contributed by atoms with Gasteiger partial charge in [-0.15, -0.1) is 0 Å². The number of H-pyrrole nitrogens is 1. The second-order valence-corrected chi connectivity index (χ2v) is 8.05. The smallest absolute Gasteiger partial charge is 0.521 e. The summed E-state index contributed by atoms with van der Waals surface area (Å²) in [5, 5.41) is 31.9. The molecule has 0 aliphatic heterocycles. The average molecular weight is 504 g/mol. The van der Waals surface area contributed by atoms with Gasteiger partial charge in [-0.3, -0.25) is 0 Å². The number of hydrogen-bond donors (Lipinski definition) is 5. The highest BCUT2D eigenvalue weighted by Gasteiger charge is 2.11. The van der Waals surface area contributed by atoms with Gasteiger partial charge in [-0.2, -0.15) is 0 Å². The monoisotopic (exact) mass is 504 g/mol. The Morgan fingerprint density at radius 1 is 1.00 bits per heavy atom. The van der Waals surface area contributed by atoms with Crippen molar-refractivity contribution in [2.75, 3.05) is 26.3 Å². The zero-order chi connectivity index (χ0) is 25.0. The van der Waals surface area contributed by atoms with Gasteiger partial charge in [0.05, 0.1) is 12.1 Å². The first-order valence-corrected chi connectivity index (χ1v) is 11.9. The van der Waals surface area contributed by atoms with Crippen molar-refractivity contribution in [3.8, 4) is 11.5 Å². The van der Waals surface area contributed by atoms with E-state index in [-0.39, 0.29) is 14.6 Å². The molecule has 2 unspecified atom stereocenters. The molecule has 1 aromatic heterocycles. The number of aliphatic hydroxyl groups is 2. The number of rotatable bonds is 11. The molecule has 0 bridgehead atoms. The summed E-state index contributed by atoms with van der Waals surface area (Å²) in [7, 11) is -3.04. The molecule has 0 fully saturated rings. The summed E-state index contributed by atoms with van der Waals surface area (Å²) < 4.78 is 23.3. The standard InChI is InChI=1S/C24H26N2O4.HO4P.H2/c27-15-17-6-1-4-10-22(17)29-13-12-25-14-18(28)16-30-23-11-5-9-21-24(23)19-7-2-3-8-20(19)26-21;1-4-5(2)3;/h1-11,18,25-28H,12-16H2;1H;1H. The van der Waals surface area contributed by atoms with Gasteiger partial charge in [0.15, 0.2) is 0 Å². The Balaban J connectivity index is 0.000000694. The van der Waals surface area contributed by atoms with Crippen LogP contribution in [0.1, 0.15) is 6.99 Å². The number of aliphatic hydroxyl groups excluding tert-OH is 2. The molecule has 0 amide bonds. The van der Waals surface area contributed by atoms with E-state index >= 15 is 0 Å². The number of benzene rings is 3. The minimum absolute atomic E-state index is 0. The zero-order valence-corrected chi connectivity index (χ0v) is 19.7. The first kappa shape index (κ1) is 26.5. The molecule has 4 rings (SSSR count). The molecule has 10 nitrogen and oxygen atoms in total. The molecule has 0 saturated carbocycles. The van der Waals surface area contributed by atoms with Crippen LogP contribution >= 0.6 is 8.25 Å². The van der Waals surface area contributed by atoms with Gasteiger partial charge in [0.2, 0.25) is 0 Å². The predicted molar refractivity (Wildman–Crippen MR) is 131 cm³/mol. The topological polar surface area (TPSA) is 156 Å². The van der Waals surface area contributed by atoms with Gasteiger partial charge in [0, 0.05) is 41.0 Å². The Morgan fingerprint density at radius 2 is 1.69 bits per heavy atom. The molecule has 0 spiro atoms. The third-order valence-electron chi connectivity index (χ3n) is 5.05. The second-order valence-electron chi connectivity index (χ2n) is 7.44. The van der Waals surface area contributed by atoms with Crippen LogP contribution in [0.3, 0.4) is 0 Å². The van der Waals surface area contributed by atoms with Crippen molar-refractivity contribution in [3.63, 3.8) is 0 Å². The fourth-order valence-corrected chi connectivity index (χ4v) is 3.51. The number of para-hydroxylation sites is 2. The fraction of sp³-hybridized carbons (Fsp3) is 0.250. The summed E-state index contributed by atoms with van der Waals surface area (Å²) in [6, 6.07) is 21.4. The summed E-state index contributed by atoms with van der Waals surface area (Å²) >= 11 is 0. The number of hydrogen-bond acceptors (Lipinski definition) is 9. The molecule has 1 heterocycles. The molecular weight excluding hydrogens is 475 g/mol. The maximum atomic E-state index is 10.3. The lowest BCUT2D eigenvalue weighted by atomic mass is 10.1. The van der Waals surface area contributed by atoms with Gasteiger partial charge in [-0.1, -0.05) is 42.5 Å². The van der Waals surface area contributed by atoms with E-state index in [1.54, 1.807) is 0 Å². The Hall–Kier alpha value is -3.08. The van der Waals surface area contributed by atoms with Gasteiger partial charge in [-0.25, -0.2) is 5.26 Å². The molecular formula is C24H29N2O8P. The lowest BCUT2D eigenvalue weighted by Crippen LogP contribution is -2.33. The van der Waals surface area contributed by atoms with Crippen molar-refractivity contribution < 1.29 is 40.5 Å². The van der Waals surface area contributed by atoms with E-state index in [2.05, 4.69) is 21.0 Å². The molecule has 5 N–H and O–H groups in total. The minimum Gasteiger partial charge on any atom is -0.565 e. The van der Waals surface area contributed by atoms with Gasteiger partial charge in [0.1, 0.15) is 30.8 Å². The first-order chi connectivity index (χ1) is 17.0. The lowest BCUT2D eigenvalue weighted by Gasteiger charge is -2.15. The molecule has 3 aromatic carbocycles. The quantitative estimate of drug-likeness (QED) is 0.0897. The zero-order valence-electron chi connectivity index (χ0n) is 18.8. The number of ether oxygens (including phenoxy) is 2. The van der Waals surface area contributed by atoms with Crippen LogP contribution in [0.4, 0.5) is 0 Å². The Morgan fingerprint density at radius 3 is 2.46 bits per heavy atom. The fourth-order valence-electron chi connectivity index (χ4n) is 3.51. The molecule has 0 aliphatic rings. The summed E-state index contributed by atoms with van der Waals surface area (Å²) in [5.74, 6) is 1.44. The maximum absolute atomic E-state index is 10.3. The van der Waals surface area contributed by atoms with E-state index in [0.717, 1.165) is 33.1 Å². The molecule has 0 saturated heterocycles. The molecule has 2 atom stereocenters. The van der Waals surface area contributed by atoms with Crippen LogP contribution in [0.2, 0.25) is 0 Å². The van der Waals surface area contributed by atoms with Crippen LogP contribution in [0.15, 0.2) is 66.7 Å². The lowest BCUT2D eigenvalue weighted by molar-refractivity contribution is -0.244. The maximum Gasteiger partial charge on any atom is 0.521 e. The van der Waals surface area contributed by atoms with Crippen molar-refractivity contribution in [1.82, 2.24) is 10.3 Å². The van der Waals surface area contributed by atoms with E-state index in [1.165, 1.54) is 0 Å². The summed E-state index contributed by atoms with van der Waals surface area (Å²) in [6.45, 7) is 1.56. The van der Waals surface area contributed by atoms with Crippen LogP contribution in [0.5, 0.6) is 11.5 Å². The van der Waals surface area contributed by atoms with Gasteiger partial charge >= 0.3 is 8.25 Å².